The molecule has 0 amide bonds. The highest BCUT2D eigenvalue weighted by Gasteiger charge is 2.51. The molecule has 1 aliphatic heterocycles. The second kappa shape index (κ2) is 13.6. The molecule has 0 saturated carbocycles. The van der Waals surface area contributed by atoms with E-state index in [2.05, 4.69) is 229 Å². The number of rotatable bonds is 6. The molecule has 0 unspecified atom stereocenters. The third kappa shape index (κ3) is 5.14. The van der Waals surface area contributed by atoms with Gasteiger partial charge >= 0.3 is 0 Å². The van der Waals surface area contributed by atoms with Crippen molar-refractivity contribution in [3.8, 4) is 22.6 Å². The van der Waals surface area contributed by atoms with Crippen LogP contribution in [0.4, 0.5) is 34.1 Å². The summed E-state index contributed by atoms with van der Waals surface area (Å²) in [5, 5.41) is 2.59. The van der Waals surface area contributed by atoms with Crippen LogP contribution in [0.15, 0.2) is 212 Å². The minimum Gasteiger partial charge on any atom is -0.457 e. The van der Waals surface area contributed by atoms with E-state index in [0.717, 1.165) is 56.8 Å². The SMILES string of the molecule is Cc1cc(N(c2ccccc2)c2ccccc2)cc2sc3cc(N(c4ccccc4)c4ccc5c(c4)C4(c6ccccc6Oc6ccccc64)c4ccccc4-5)ccc3c12. The first kappa shape index (κ1) is 34.6. The molecule has 60 heavy (non-hydrogen) atoms. The van der Waals surface area contributed by atoms with Crippen molar-refractivity contribution in [2.24, 2.45) is 0 Å². The van der Waals surface area contributed by atoms with Gasteiger partial charge in [-0.05, 0) is 120 Å². The maximum atomic E-state index is 6.64. The molecule has 12 rings (SSSR count). The first-order chi connectivity index (χ1) is 29.7. The molecular weight excluding hydrogens is 749 g/mol. The number of nitrogens with zero attached hydrogens (tertiary/aromatic N) is 2. The van der Waals surface area contributed by atoms with Crippen molar-refractivity contribution in [1.29, 1.82) is 0 Å². The Bertz CT molecular complexity index is 3180. The van der Waals surface area contributed by atoms with Gasteiger partial charge in [-0.15, -0.1) is 11.3 Å². The highest BCUT2D eigenvalue weighted by Crippen LogP contribution is 2.62. The Hall–Kier alpha value is -7.40. The van der Waals surface area contributed by atoms with Gasteiger partial charge in [0, 0.05) is 65.4 Å². The molecule has 3 nitrogen and oxygen atoms in total. The molecule has 1 aliphatic carbocycles. The summed E-state index contributed by atoms with van der Waals surface area (Å²) in [4.78, 5) is 4.77. The average molecular weight is 787 g/mol. The Morgan fingerprint density at radius 1 is 0.383 bits per heavy atom. The molecule has 2 aliphatic rings. The van der Waals surface area contributed by atoms with Gasteiger partial charge in [-0.1, -0.05) is 127 Å². The van der Waals surface area contributed by atoms with Gasteiger partial charge in [0.25, 0.3) is 0 Å². The monoisotopic (exact) mass is 786 g/mol. The maximum absolute atomic E-state index is 6.64. The molecule has 0 bridgehead atoms. The van der Waals surface area contributed by atoms with E-state index in [1.165, 1.54) is 48.0 Å². The lowest BCUT2D eigenvalue weighted by Crippen LogP contribution is -2.32. The van der Waals surface area contributed by atoms with Crippen molar-refractivity contribution in [1.82, 2.24) is 0 Å². The second-order valence-electron chi connectivity index (χ2n) is 15.7. The molecule has 9 aromatic carbocycles. The molecule has 2 heterocycles. The lowest BCUT2D eigenvalue weighted by molar-refractivity contribution is 0.436. The number of thiophene rings is 1. The van der Waals surface area contributed by atoms with E-state index in [0.29, 0.717) is 0 Å². The van der Waals surface area contributed by atoms with Crippen LogP contribution in [0.3, 0.4) is 0 Å². The van der Waals surface area contributed by atoms with Crippen LogP contribution in [-0.4, -0.2) is 0 Å². The normalized spacial score (nSPS) is 13.0. The van der Waals surface area contributed by atoms with Gasteiger partial charge in [0.1, 0.15) is 11.5 Å². The number of ether oxygens (including phenoxy) is 1. The van der Waals surface area contributed by atoms with E-state index < -0.39 is 5.41 Å². The molecular formula is C56H38N2OS. The number of benzene rings is 9. The summed E-state index contributed by atoms with van der Waals surface area (Å²) < 4.78 is 9.17. The summed E-state index contributed by atoms with van der Waals surface area (Å²) in [6, 6.07) is 77.0. The average Bonchev–Trinajstić information content (AvgIpc) is 3.81. The van der Waals surface area contributed by atoms with E-state index >= 15 is 0 Å². The first-order valence-corrected chi connectivity index (χ1v) is 21.3. The largest absolute Gasteiger partial charge is 0.457 e. The molecule has 4 heteroatoms. The first-order valence-electron chi connectivity index (χ1n) is 20.5. The Morgan fingerprint density at radius 3 is 1.50 bits per heavy atom. The molecule has 0 radical (unpaired) electrons. The predicted molar refractivity (Wildman–Crippen MR) is 251 cm³/mol. The van der Waals surface area contributed by atoms with Crippen LogP contribution < -0.4 is 14.5 Å². The van der Waals surface area contributed by atoms with Gasteiger partial charge in [-0.3, -0.25) is 0 Å². The number of aryl methyl sites for hydroxylation is 1. The quantitative estimate of drug-likeness (QED) is 0.167. The fourth-order valence-corrected chi connectivity index (χ4v) is 11.2. The van der Waals surface area contributed by atoms with Crippen LogP contribution in [-0.2, 0) is 5.41 Å². The minimum atomic E-state index is -0.548. The number of fused-ring (bicyclic) bond motifs is 12. The summed E-state index contributed by atoms with van der Waals surface area (Å²) >= 11 is 1.87. The molecule has 0 N–H and O–H groups in total. The van der Waals surface area contributed by atoms with Crippen LogP contribution in [0.2, 0.25) is 0 Å². The summed E-state index contributed by atoms with van der Waals surface area (Å²) in [7, 11) is 0. The van der Waals surface area contributed by atoms with Crippen LogP contribution in [0, 0.1) is 6.92 Å². The van der Waals surface area contributed by atoms with E-state index in [-0.39, 0.29) is 0 Å². The smallest absolute Gasteiger partial charge is 0.132 e. The van der Waals surface area contributed by atoms with Gasteiger partial charge in [0.05, 0.1) is 5.41 Å². The summed E-state index contributed by atoms with van der Waals surface area (Å²) in [5.41, 5.74) is 14.9. The van der Waals surface area contributed by atoms with Crippen molar-refractivity contribution in [3.63, 3.8) is 0 Å². The third-order valence-corrected chi connectivity index (χ3v) is 13.5. The molecule has 10 aromatic rings. The Morgan fingerprint density at radius 2 is 0.867 bits per heavy atom. The fourth-order valence-electron chi connectivity index (χ4n) is 9.96. The van der Waals surface area contributed by atoms with E-state index in [9.17, 15) is 0 Å². The van der Waals surface area contributed by atoms with Crippen LogP contribution in [0.25, 0.3) is 31.3 Å². The molecule has 0 fully saturated rings. The van der Waals surface area contributed by atoms with Crippen molar-refractivity contribution in [2.45, 2.75) is 12.3 Å². The molecule has 284 valence electrons. The Balaban J connectivity index is 1.04. The highest BCUT2D eigenvalue weighted by molar-refractivity contribution is 7.26. The van der Waals surface area contributed by atoms with Gasteiger partial charge in [0.2, 0.25) is 0 Å². The number of para-hydroxylation sites is 5. The molecule has 1 spiro atoms. The Labute approximate surface area is 353 Å². The number of hydrogen-bond donors (Lipinski definition) is 0. The van der Waals surface area contributed by atoms with Gasteiger partial charge in [0.15, 0.2) is 0 Å². The zero-order valence-electron chi connectivity index (χ0n) is 32.9. The third-order valence-electron chi connectivity index (χ3n) is 12.4. The van der Waals surface area contributed by atoms with Gasteiger partial charge in [-0.25, -0.2) is 0 Å². The number of anilines is 6. The van der Waals surface area contributed by atoms with E-state index in [1.54, 1.807) is 0 Å². The maximum Gasteiger partial charge on any atom is 0.132 e. The van der Waals surface area contributed by atoms with Crippen LogP contribution >= 0.6 is 11.3 Å². The zero-order valence-corrected chi connectivity index (χ0v) is 33.7. The van der Waals surface area contributed by atoms with Crippen LogP contribution in [0.1, 0.15) is 27.8 Å². The molecule has 0 atom stereocenters. The van der Waals surface area contributed by atoms with Gasteiger partial charge in [-0.2, -0.15) is 0 Å². The predicted octanol–water partition coefficient (Wildman–Crippen LogP) is 15.8. The van der Waals surface area contributed by atoms with Crippen LogP contribution in [0.5, 0.6) is 11.5 Å². The standard InChI is InChI=1S/C56H38N2OS/c1-37-33-43(57(38-17-5-2-6-18-38)39-19-7-3-8-20-39)36-54-55(37)46-32-30-42(35-53(46)60-54)58(40-21-9-4-10-22-40)41-29-31-45-44-23-11-12-24-47(44)56(50(45)34-41)48-25-13-15-27-51(48)59-52-28-16-14-26-49(52)56/h2-36H,1H3. The van der Waals surface area contributed by atoms with Crippen molar-refractivity contribution in [2.75, 3.05) is 9.80 Å². The molecule has 1 aromatic heterocycles. The summed E-state index contributed by atoms with van der Waals surface area (Å²) in [6.45, 7) is 2.25. The summed E-state index contributed by atoms with van der Waals surface area (Å²) in [5.74, 6) is 1.79. The van der Waals surface area contributed by atoms with E-state index in [4.69, 9.17) is 4.74 Å². The highest BCUT2D eigenvalue weighted by atomic mass is 32.1. The van der Waals surface area contributed by atoms with E-state index in [1.807, 2.05) is 11.3 Å². The lowest BCUT2D eigenvalue weighted by atomic mass is 9.66. The summed E-state index contributed by atoms with van der Waals surface area (Å²) in [6.07, 6.45) is 0. The minimum absolute atomic E-state index is 0.548. The fraction of sp³-hybridized carbons (Fsp3) is 0.0357. The topological polar surface area (TPSA) is 15.7 Å². The second-order valence-corrected chi connectivity index (χ2v) is 16.8. The van der Waals surface area contributed by atoms with Gasteiger partial charge < -0.3 is 14.5 Å². The Kier molecular flexibility index (Phi) is 7.84. The van der Waals surface area contributed by atoms with Crippen molar-refractivity contribution >= 4 is 65.6 Å². The molecule has 0 saturated heterocycles. The van der Waals surface area contributed by atoms with Crippen molar-refractivity contribution < 1.29 is 4.74 Å². The number of hydrogen-bond acceptors (Lipinski definition) is 4. The zero-order chi connectivity index (χ0) is 39.8. The lowest BCUT2D eigenvalue weighted by Gasteiger charge is -2.39. The van der Waals surface area contributed by atoms with Crippen molar-refractivity contribution in [3.05, 3.63) is 240 Å².